The van der Waals surface area contributed by atoms with Crippen LogP contribution >= 0.6 is 0 Å². The van der Waals surface area contributed by atoms with Crippen LogP contribution in [0.25, 0.3) is 0 Å². The van der Waals surface area contributed by atoms with Gasteiger partial charge in [0.05, 0.1) is 6.07 Å². The third-order valence-corrected chi connectivity index (χ3v) is 4.69. The van der Waals surface area contributed by atoms with Gasteiger partial charge in [-0.1, -0.05) is 18.2 Å². The molecule has 2 aromatic carbocycles. The lowest BCUT2D eigenvalue weighted by Crippen LogP contribution is -2.49. The highest BCUT2D eigenvalue weighted by Gasteiger charge is 2.27. The van der Waals surface area contributed by atoms with Crippen molar-refractivity contribution in [3.63, 3.8) is 0 Å². The van der Waals surface area contributed by atoms with E-state index in [9.17, 15) is 18.8 Å². The summed E-state index contributed by atoms with van der Waals surface area (Å²) in [4.78, 5) is 16.2. The molecule has 6 heteroatoms. The van der Waals surface area contributed by atoms with Crippen LogP contribution in [0.3, 0.4) is 0 Å². The van der Waals surface area contributed by atoms with Crippen molar-refractivity contribution in [1.82, 2.24) is 9.80 Å². The third kappa shape index (κ3) is 3.73. The molecule has 4 nitrogen and oxygen atoms in total. The SMILES string of the molecule is Cc1ccc(C(=O)N2CCN(C(C#N)c3ccc(F)cc3)CC2)cc1F. The van der Waals surface area contributed by atoms with E-state index in [-0.39, 0.29) is 11.7 Å². The fourth-order valence-corrected chi connectivity index (χ4v) is 3.10. The lowest BCUT2D eigenvalue weighted by molar-refractivity contribution is 0.0606. The molecule has 0 aromatic heterocycles. The number of halogens is 2. The van der Waals surface area contributed by atoms with Gasteiger partial charge < -0.3 is 4.90 Å². The number of nitrogens with zero attached hydrogens (tertiary/aromatic N) is 3. The van der Waals surface area contributed by atoms with Crippen LogP contribution in [0.5, 0.6) is 0 Å². The lowest BCUT2D eigenvalue weighted by atomic mass is 10.1. The number of carbonyl (C=O) groups is 1. The lowest BCUT2D eigenvalue weighted by Gasteiger charge is -2.37. The van der Waals surface area contributed by atoms with E-state index < -0.39 is 11.9 Å². The number of carbonyl (C=O) groups excluding carboxylic acids is 1. The number of hydrogen-bond acceptors (Lipinski definition) is 3. The number of amides is 1. The predicted molar refractivity (Wildman–Crippen MR) is 93.4 cm³/mol. The van der Waals surface area contributed by atoms with Gasteiger partial charge in [0.1, 0.15) is 17.7 Å². The maximum absolute atomic E-state index is 13.7. The first-order valence-electron chi connectivity index (χ1n) is 8.44. The first-order chi connectivity index (χ1) is 12.5. The second-order valence-electron chi connectivity index (χ2n) is 6.38. The normalized spacial score (nSPS) is 16.2. The van der Waals surface area contributed by atoms with Gasteiger partial charge >= 0.3 is 0 Å². The number of nitriles is 1. The molecule has 2 aromatic rings. The van der Waals surface area contributed by atoms with Crippen LogP contribution in [-0.4, -0.2) is 41.9 Å². The molecule has 1 unspecified atom stereocenters. The molecule has 26 heavy (non-hydrogen) atoms. The van der Waals surface area contributed by atoms with Crippen molar-refractivity contribution < 1.29 is 13.6 Å². The summed E-state index contributed by atoms with van der Waals surface area (Å²) in [5.74, 6) is -0.944. The minimum atomic E-state index is -0.482. The molecule has 1 aliphatic heterocycles. The maximum atomic E-state index is 13.7. The Morgan fingerprint density at radius 2 is 1.73 bits per heavy atom. The Labute approximate surface area is 151 Å². The molecule has 1 atom stereocenters. The highest BCUT2D eigenvalue weighted by Crippen LogP contribution is 2.22. The number of benzene rings is 2. The molecule has 0 radical (unpaired) electrons. The van der Waals surface area contributed by atoms with Gasteiger partial charge in [-0.3, -0.25) is 9.69 Å². The summed E-state index contributed by atoms with van der Waals surface area (Å²) in [6.45, 7) is 3.60. The summed E-state index contributed by atoms with van der Waals surface area (Å²) in [5.41, 5.74) is 1.56. The van der Waals surface area contributed by atoms with E-state index in [1.807, 2.05) is 4.90 Å². The zero-order chi connectivity index (χ0) is 18.7. The van der Waals surface area contributed by atoms with Crippen molar-refractivity contribution in [1.29, 1.82) is 5.26 Å². The molecule has 0 N–H and O–H groups in total. The van der Waals surface area contributed by atoms with E-state index in [2.05, 4.69) is 6.07 Å². The third-order valence-electron chi connectivity index (χ3n) is 4.69. The monoisotopic (exact) mass is 355 g/mol. The smallest absolute Gasteiger partial charge is 0.254 e. The van der Waals surface area contributed by atoms with Gasteiger partial charge in [0.15, 0.2) is 0 Å². The summed E-state index contributed by atoms with van der Waals surface area (Å²) < 4.78 is 26.8. The van der Waals surface area contributed by atoms with Crippen molar-refractivity contribution >= 4 is 5.91 Å². The van der Waals surface area contributed by atoms with Gasteiger partial charge in [-0.05, 0) is 42.3 Å². The number of piperazine rings is 1. The predicted octanol–water partition coefficient (Wildman–Crippen LogP) is 3.30. The van der Waals surface area contributed by atoms with E-state index in [4.69, 9.17) is 0 Å². The molecular formula is C20H19F2N3O. The van der Waals surface area contributed by atoms with Crippen molar-refractivity contribution in [2.75, 3.05) is 26.2 Å². The zero-order valence-corrected chi connectivity index (χ0v) is 14.5. The Bertz CT molecular complexity index is 837. The topological polar surface area (TPSA) is 47.3 Å². The maximum Gasteiger partial charge on any atom is 0.254 e. The van der Waals surface area contributed by atoms with Crippen molar-refractivity contribution in [2.45, 2.75) is 13.0 Å². The Balaban J connectivity index is 1.66. The number of hydrogen-bond donors (Lipinski definition) is 0. The van der Waals surface area contributed by atoms with Crippen molar-refractivity contribution in [3.8, 4) is 6.07 Å². The van der Waals surface area contributed by atoms with E-state index >= 15 is 0 Å². The standard InChI is InChI=1S/C20H19F2N3O/c1-14-2-3-16(12-18(14)22)20(26)25-10-8-24(9-11-25)19(13-23)15-4-6-17(21)7-5-15/h2-7,12,19H,8-11H2,1H3. The number of rotatable bonds is 3. The molecule has 1 aliphatic rings. The van der Waals surface area contributed by atoms with Crippen LogP contribution in [0.2, 0.25) is 0 Å². The summed E-state index contributed by atoms with van der Waals surface area (Å²) >= 11 is 0. The largest absolute Gasteiger partial charge is 0.336 e. The molecule has 0 spiro atoms. The van der Waals surface area contributed by atoms with E-state index in [1.54, 1.807) is 36.1 Å². The molecule has 0 saturated carbocycles. The summed E-state index contributed by atoms with van der Waals surface area (Å²) in [7, 11) is 0. The highest BCUT2D eigenvalue weighted by atomic mass is 19.1. The average Bonchev–Trinajstić information content (AvgIpc) is 2.66. The van der Waals surface area contributed by atoms with E-state index in [0.29, 0.717) is 37.3 Å². The van der Waals surface area contributed by atoms with Crippen LogP contribution in [-0.2, 0) is 0 Å². The van der Waals surface area contributed by atoms with Crippen LogP contribution in [0.1, 0.15) is 27.5 Å². The first-order valence-corrected chi connectivity index (χ1v) is 8.44. The Kier molecular flexibility index (Phi) is 5.29. The summed E-state index contributed by atoms with van der Waals surface area (Å²) in [5, 5.41) is 9.50. The van der Waals surface area contributed by atoms with Gasteiger partial charge in [0.2, 0.25) is 0 Å². The Morgan fingerprint density at radius 3 is 2.31 bits per heavy atom. The second kappa shape index (κ2) is 7.63. The second-order valence-corrected chi connectivity index (χ2v) is 6.38. The number of aryl methyl sites for hydroxylation is 1. The molecule has 134 valence electrons. The van der Waals surface area contributed by atoms with Crippen LogP contribution < -0.4 is 0 Å². The molecule has 0 bridgehead atoms. The van der Waals surface area contributed by atoms with Gasteiger partial charge in [0.25, 0.3) is 5.91 Å². The Hall–Kier alpha value is -2.78. The molecule has 3 rings (SSSR count). The highest BCUT2D eigenvalue weighted by molar-refractivity contribution is 5.94. The van der Waals surface area contributed by atoms with E-state index in [1.165, 1.54) is 18.2 Å². The molecule has 1 fully saturated rings. The molecule has 1 amide bonds. The molecular weight excluding hydrogens is 336 g/mol. The average molecular weight is 355 g/mol. The van der Waals surface area contributed by atoms with Crippen molar-refractivity contribution in [2.24, 2.45) is 0 Å². The summed E-state index contributed by atoms with van der Waals surface area (Å²) in [6, 6.07) is 12.1. The van der Waals surface area contributed by atoms with Crippen LogP contribution in [0, 0.1) is 29.9 Å². The fourth-order valence-electron chi connectivity index (χ4n) is 3.10. The first kappa shape index (κ1) is 18.0. The van der Waals surface area contributed by atoms with Gasteiger partial charge in [0, 0.05) is 31.7 Å². The van der Waals surface area contributed by atoms with Gasteiger partial charge in [-0.25, -0.2) is 8.78 Å². The van der Waals surface area contributed by atoms with Gasteiger partial charge in [-0.15, -0.1) is 0 Å². The fraction of sp³-hybridized carbons (Fsp3) is 0.300. The zero-order valence-electron chi connectivity index (χ0n) is 14.5. The van der Waals surface area contributed by atoms with Crippen LogP contribution in [0.4, 0.5) is 8.78 Å². The quantitative estimate of drug-likeness (QED) is 0.849. The van der Waals surface area contributed by atoms with Gasteiger partial charge in [-0.2, -0.15) is 5.26 Å². The minimum Gasteiger partial charge on any atom is -0.336 e. The minimum absolute atomic E-state index is 0.209. The Morgan fingerprint density at radius 1 is 1.08 bits per heavy atom. The molecule has 0 aliphatic carbocycles. The van der Waals surface area contributed by atoms with Crippen LogP contribution in [0.15, 0.2) is 42.5 Å². The summed E-state index contributed by atoms with van der Waals surface area (Å²) in [6.07, 6.45) is 0. The molecule has 1 saturated heterocycles. The van der Waals surface area contributed by atoms with E-state index in [0.717, 1.165) is 5.56 Å². The molecule has 1 heterocycles. The van der Waals surface area contributed by atoms with Crippen molar-refractivity contribution in [3.05, 3.63) is 70.8 Å².